The van der Waals surface area contributed by atoms with Gasteiger partial charge < -0.3 is 15.5 Å². The highest BCUT2D eigenvalue weighted by atomic mass is 32.1. The van der Waals surface area contributed by atoms with Crippen LogP contribution in [0.15, 0.2) is 46.8 Å². The van der Waals surface area contributed by atoms with E-state index in [2.05, 4.69) is 76.2 Å². The minimum Gasteiger partial charge on any atom is -0.363 e. The highest BCUT2D eigenvalue weighted by Gasteiger charge is 2.20. The molecule has 1 atom stereocenters. The molecule has 140 valence electrons. The van der Waals surface area contributed by atoms with Gasteiger partial charge >= 0.3 is 0 Å². The lowest BCUT2D eigenvalue weighted by Gasteiger charge is -2.33. The van der Waals surface area contributed by atoms with Gasteiger partial charge in [0.1, 0.15) is 0 Å². The lowest BCUT2D eigenvalue weighted by molar-refractivity contribution is 0.462. The van der Waals surface area contributed by atoms with E-state index in [0.29, 0.717) is 12.0 Å². The zero-order valence-electron chi connectivity index (χ0n) is 16.0. The average Bonchev–Trinajstić information content (AvgIpc) is 3.20. The first-order chi connectivity index (χ1) is 12.7. The number of nitrogens with zero attached hydrogens (tertiary/aromatic N) is 2. The molecule has 2 heterocycles. The van der Waals surface area contributed by atoms with Crippen LogP contribution in [0.4, 0.5) is 5.00 Å². The van der Waals surface area contributed by atoms with Crippen LogP contribution >= 0.6 is 11.3 Å². The van der Waals surface area contributed by atoms with Crippen molar-refractivity contribution in [3.63, 3.8) is 0 Å². The number of aryl methyl sites for hydroxylation is 1. The summed E-state index contributed by atoms with van der Waals surface area (Å²) in [5, 5.41) is 10.6. The molecule has 3 rings (SSSR count). The Morgan fingerprint density at radius 1 is 1.27 bits per heavy atom. The van der Waals surface area contributed by atoms with Gasteiger partial charge in [0.2, 0.25) is 0 Å². The summed E-state index contributed by atoms with van der Waals surface area (Å²) in [5.41, 5.74) is 2.69. The Bertz CT molecular complexity index is 703. The number of piperidine rings is 1. The standard InChI is InChI=1S/C21H30N4S/c1-16-6-4-7-18(14-16)17(2)15-23-21(22-3)24-19-9-11-25(12-10-19)20-8-5-13-26-20/h4-8,13-14,17,19H,9-12,15H2,1-3H3,(H2,22,23,24). The molecule has 1 aliphatic rings. The van der Waals surface area contributed by atoms with Crippen molar-refractivity contribution in [3.8, 4) is 0 Å². The molecule has 2 N–H and O–H groups in total. The van der Waals surface area contributed by atoms with Crippen molar-refractivity contribution < 1.29 is 0 Å². The summed E-state index contributed by atoms with van der Waals surface area (Å²) in [4.78, 5) is 6.90. The van der Waals surface area contributed by atoms with Crippen LogP contribution in [-0.4, -0.2) is 38.7 Å². The van der Waals surface area contributed by atoms with Gasteiger partial charge in [-0.25, -0.2) is 0 Å². The van der Waals surface area contributed by atoms with Crippen molar-refractivity contribution in [1.82, 2.24) is 10.6 Å². The van der Waals surface area contributed by atoms with Crippen LogP contribution < -0.4 is 15.5 Å². The number of thiophene rings is 1. The topological polar surface area (TPSA) is 39.7 Å². The summed E-state index contributed by atoms with van der Waals surface area (Å²) < 4.78 is 0. The second-order valence-electron chi connectivity index (χ2n) is 7.13. The maximum absolute atomic E-state index is 4.42. The van der Waals surface area contributed by atoms with Gasteiger partial charge in [-0.15, -0.1) is 11.3 Å². The third-order valence-electron chi connectivity index (χ3n) is 5.06. The summed E-state index contributed by atoms with van der Waals surface area (Å²) in [5.74, 6) is 1.37. The minimum atomic E-state index is 0.453. The van der Waals surface area contributed by atoms with Crippen molar-refractivity contribution in [2.75, 3.05) is 31.6 Å². The van der Waals surface area contributed by atoms with E-state index in [9.17, 15) is 0 Å². The third kappa shape index (κ3) is 5.01. The molecule has 26 heavy (non-hydrogen) atoms. The molecule has 1 aromatic carbocycles. The maximum Gasteiger partial charge on any atom is 0.191 e. The molecule has 0 amide bonds. The highest BCUT2D eigenvalue weighted by Crippen LogP contribution is 2.24. The second-order valence-corrected chi connectivity index (χ2v) is 8.05. The van der Waals surface area contributed by atoms with E-state index in [4.69, 9.17) is 0 Å². The molecule has 0 radical (unpaired) electrons. The van der Waals surface area contributed by atoms with Gasteiger partial charge in [-0.3, -0.25) is 4.99 Å². The average molecular weight is 371 g/mol. The molecule has 1 aromatic heterocycles. The van der Waals surface area contributed by atoms with E-state index in [-0.39, 0.29) is 0 Å². The third-order valence-corrected chi connectivity index (χ3v) is 5.99. The van der Waals surface area contributed by atoms with Crippen LogP contribution in [0.3, 0.4) is 0 Å². The highest BCUT2D eigenvalue weighted by molar-refractivity contribution is 7.14. The number of nitrogens with one attached hydrogen (secondary N) is 2. The quantitative estimate of drug-likeness (QED) is 0.617. The van der Waals surface area contributed by atoms with Crippen LogP contribution in [-0.2, 0) is 0 Å². The van der Waals surface area contributed by atoms with E-state index < -0.39 is 0 Å². The Balaban J connectivity index is 1.45. The largest absolute Gasteiger partial charge is 0.363 e. The van der Waals surface area contributed by atoms with Gasteiger partial charge in [0.25, 0.3) is 0 Å². The molecule has 0 saturated carbocycles. The van der Waals surface area contributed by atoms with E-state index in [1.807, 2.05) is 18.4 Å². The second kappa shape index (κ2) is 9.08. The number of aliphatic imine (C=N–C) groups is 1. The fraction of sp³-hybridized carbons (Fsp3) is 0.476. The number of guanidine groups is 1. The monoisotopic (exact) mass is 370 g/mol. The summed E-state index contributed by atoms with van der Waals surface area (Å²) in [6.45, 7) is 7.50. The van der Waals surface area contributed by atoms with Crippen molar-refractivity contribution in [2.24, 2.45) is 4.99 Å². The van der Waals surface area contributed by atoms with Crippen LogP contribution in [0.1, 0.15) is 36.8 Å². The minimum absolute atomic E-state index is 0.453. The fourth-order valence-corrected chi connectivity index (χ4v) is 4.21. The van der Waals surface area contributed by atoms with Gasteiger partial charge in [0, 0.05) is 32.7 Å². The molecule has 2 aromatic rings. The summed E-state index contributed by atoms with van der Waals surface area (Å²) in [6.07, 6.45) is 2.29. The first-order valence-corrected chi connectivity index (χ1v) is 10.4. The van der Waals surface area contributed by atoms with E-state index in [0.717, 1.165) is 38.4 Å². The molecule has 0 bridgehead atoms. The Kier molecular flexibility index (Phi) is 6.56. The fourth-order valence-electron chi connectivity index (χ4n) is 3.43. The number of hydrogen-bond acceptors (Lipinski definition) is 3. The molecular weight excluding hydrogens is 340 g/mol. The summed E-state index contributed by atoms with van der Waals surface area (Å²) >= 11 is 1.83. The first kappa shape index (κ1) is 18.8. The van der Waals surface area contributed by atoms with Crippen molar-refractivity contribution >= 4 is 22.3 Å². The zero-order valence-corrected chi connectivity index (χ0v) is 16.9. The zero-order chi connectivity index (χ0) is 18.4. The van der Waals surface area contributed by atoms with Gasteiger partial charge in [0.15, 0.2) is 5.96 Å². The Labute approximate surface area is 161 Å². The predicted octanol–water partition coefficient (Wildman–Crippen LogP) is 3.99. The van der Waals surface area contributed by atoms with Crippen LogP contribution in [0.2, 0.25) is 0 Å². The van der Waals surface area contributed by atoms with Gasteiger partial charge in [0.05, 0.1) is 5.00 Å². The summed E-state index contributed by atoms with van der Waals surface area (Å²) in [6, 6.07) is 13.6. The molecule has 4 nitrogen and oxygen atoms in total. The number of rotatable bonds is 5. The van der Waals surface area contributed by atoms with Gasteiger partial charge in [-0.2, -0.15) is 0 Å². The molecule has 1 fully saturated rings. The molecule has 1 aliphatic heterocycles. The number of benzene rings is 1. The molecule has 0 aliphatic carbocycles. The molecule has 1 unspecified atom stereocenters. The van der Waals surface area contributed by atoms with Gasteiger partial charge in [-0.05, 0) is 48.8 Å². The molecule has 0 spiro atoms. The lowest BCUT2D eigenvalue weighted by Crippen LogP contribution is -2.49. The van der Waals surface area contributed by atoms with E-state index in [1.165, 1.54) is 16.1 Å². The van der Waals surface area contributed by atoms with Crippen LogP contribution in [0.5, 0.6) is 0 Å². The number of hydrogen-bond donors (Lipinski definition) is 2. The van der Waals surface area contributed by atoms with Crippen molar-refractivity contribution in [3.05, 3.63) is 52.9 Å². The normalized spacial score (nSPS) is 17.2. The van der Waals surface area contributed by atoms with E-state index in [1.54, 1.807) is 0 Å². The smallest absolute Gasteiger partial charge is 0.191 e. The van der Waals surface area contributed by atoms with Gasteiger partial charge in [-0.1, -0.05) is 36.8 Å². The SMILES string of the molecule is CN=C(NCC(C)c1cccc(C)c1)NC1CCN(c2cccs2)CC1. The van der Waals surface area contributed by atoms with Crippen LogP contribution in [0.25, 0.3) is 0 Å². The first-order valence-electron chi connectivity index (χ1n) is 9.48. The molecule has 1 saturated heterocycles. The van der Waals surface area contributed by atoms with Crippen molar-refractivity contribution in [2.45, 2.75) is 38.6 Å². The summed E-state index contributed by atoms with van der Waals surface area (Å²) in [7, 11) is 1.85. The Morgan fingerprint density at radius 2 is 2.08 bits per heavy atom. The molecule has 5 heteroatoms. The molecular formula is C21H30N4S. The number of anilines is 1. The Hall–Kier alpha value is -2.01. The van der Waals surface area contributed by atoms with Crippen molar-refractivity contribution in [1.29, 1.82) is 0 Å². The van der Waals surface area contributed by atoms with E-state index >= 15 is 0 Å². The van der Waals surface area contributed by atoms with Crippen LogP contribution in [0, 0.1) is 6.92 Å². The maximum atomic E-state index is 4.42. The predicted molar refractivity (Wildman–Crippen MR) is 114 cm³/mol. The Morgan fingerprint density at radius 3 is 2.73 bits per heavy atom. The lowest BCUT2D eigenvalue weighted by atomic mass is 9.99.